The number of methoxy groups -OCH3 is 1. The van der Waals surface area contributed by atoms with Gasteiger partial charge in [0.05, 0.1) is 6.61 Å². The van der Waals surface area contributed by atoms with Crippen LogP contribution in [-0.4, -0.2) is 33.4 Å². The summed E-state index contributed by atoms with van der Waals surface area (Å²) in [5, 5.41) is 3.10. The lowest BCUT2D eigenvalue weighted by atomic mass is 10.1. The first-order valence-electron chi connectivity index (χ1n) is 5.80. The lowest BCUT2D eigenvalue weighted by Crippen LogP contribution is -2.33. The second kappa shape index (κ2) is 7.87. The lowest BCUT2D eigenvalue weighted by Gasteiger charge is -2.19. The summed E-state index contributed by atoms with van der Waals surface area (Å²) in [7, 11) is 3.59. The van der Waals surface area contributed by atoms with Crippen molar-refractivity contribution in [2.75, 3.05) is 27.3 Å². The fourth-order valence-corrected chi connectivity index (χ4v) is 1.67. The molecule has 1 unspecified atom stereocenters. The van der Waals surface area contributed by atoms with E-state index in [1.165, 1.54) is 0 Å². The van der Waals surface area contributed by atoms with Gasteiger partial charge in [-0.2, -0.15) is 0 Å². The molecule has 1 aromatic rings. The quantitative estimate of drug-likeness (QED) is 0.699. The molecule has 3 nitrogen and oxygen atoms in total. The summed E-state index contributed by atoms with van der Waals surface area (Å²) in [5.74, 6) is 0.907. The van der Waals surface area contributed by atoms with Crippen molar-refractivity contribution in [3.8, 4) is 5.75 Å². The van der Waals surface area contributed by atoms with E-state index in [2.05, 4.69) is 18.0 Å². The number of benzene rings is 1. The average molecular weight is 235 g/mol. The Morgan fingerprint density at radius 1 is 1.41 bits per heavy atom. The van der Waals surface area contributed by atoms with Crippen molar-refractivity contribution in [2.24, 2.45) is 0 Å². The molecular weight excluding hydrogens is 214 g/mol. The van der Waals surface area contributed by atoms with Gasteiger partial charge in [-0.05, 0) is 25.1 Å². The Hall–Kier alpha value is -1.32. The Bertz CT molecular complexity index is 333. The summed E-state index contributed by atoms with van der Waals surface area (Å²) in [6.07, 6.45) is 2.72. The highest BCUT2D eigenvalue weighted by Gasteiger charge is 2.11. The van der Waals surface area contributed by atoms with E-state index in [0.717, 1.165) is 24.3 Å². The third-order valence-electron chi connectivity index (χ3n) is 2.41. The molecule has 0 aliphatic heterocycles. The summed E-state index contributed by atoms with van der Waals surface area (Å²) in [4.78, 5) is 0. The van der Waals surface area contributed by atoms with Crippen molar-refractivity contribution in [2.45, 2.75) is 12.5 Å². The molecule has 1 atom stereocenters. The Balaban J connectivity index is 2.72. The maximum Gasteiger partial charge on any atom is 0.134 e. The number of rotatable bonds is 8. The van der Waals surface area contributed by atoms with Crippen LogP contribution in [0.5, 0.6) is 5.75 Å². The first kappa shape index (κ1) is 13.7. The van der Waals surface area contributed by atoms with Crippen LogP contribution in [-0.2, 0) is 11.2 Å². The summed E-state index contributed by atoms with van der Waals surface area (Å²) in [6.45, 7) is 5.09. The van der Waals surface area contributed by atoms with Crippen LogP contribution in [0.25, 0.3) is 0 Å². The highest BCUT2D eigenvalue weighted by atomic mass is 16.5. The number of nitrogens with one attached hydrogen (secondary N) is 1. The summed E-state index contributed by atoms with van der Waals surface area (Å²) in [6, 6.07) is 8.03. The van der Waals surface area contributed by atoms with Gasteiger partial charge in [-0.15, -0.1) is 6.58 Å². The monoisotopic (exact) mass is 235 g/mol. The minimum atomic E-state index is 0.0240. The van der Waals surface area contributed by atoms with Gasteiger partial charge in [-0.1, -0.05) is 24.3 Å². The molecule has 1 rings (SSSR count). The van der Waals surface area contributed by atoms with Crippen molar-refractivity contribution >= 4 is 0 Å². The molecular formula is C14H21NO2. The SMILES string of the molecule is C=CCc1ccccc1OC(CNC)COC. The summed E-state index contributed by atoms with van der Waals surface area (Å²) < 4.78 is 11.1. The van der Waals surface area contributed by atoms with E-state index in [1.54, 1.807) is 7.11 Å². The average Bonchev–Trinajstić information content (AvgIpc) is 2.33. The van der Waals surface area contributed by atoms with Crippen LogP contribution < -0.4 is 10.1 Å². The molecule has 0 aliphatic rings. The molecule has 0 saturated heterocycles. The van der Waals surface area contributed by atoms with Crippen molar-refractivity contribution in [3.63, 3.8) is 0 Å². The van der Waals surface area contributed by atoms with Gasteiger partial charge in [0.25, 0.3) is 0 Å². The Morgan fingerprint density at radius 3 is 2.82 bits per heavy atom. The third-order valence-corrected chi connectivity index (χ3v) is 2.41. The van der Waals surface area contributed by atoms with Gasteiger partial charge >= 0.3 is 0 Å². The number of hydrogen-bond donors (Lipinski definition) is 1. The molecule has 0 heterocycles. The Morgan fingerprint density at radius 2 is 2.18 bits per heavy atom. The first-order chi connectivity index (χ1) is 8.31. The van der Waals surface area contributed by atoms with E-state index in [9.17, 15) is 0 Å². The number of ether oxygens (including phenoxy) is 2. The molecule has 0 radical (unpaired) electrons. The van der Waals surface area contributed by atoms with Gasteiger partial charge in [0.15, 0.2) is 0 Å². The molecule has 0 fully saturated rings. The van der Waals surface area contributed by atoms with Gasteiger partial charge in [-0.25, -0.2) is 0 Å². The van der Waals surface area contributed by atoms with Crippen LogP contribution in [0, 0.1) is 0 Å². The molecule has 0 bridgehead atoms. The van der Waals surface area contributed by atoms with Crippen molar-refractivity contribution < 1.29 is 9.47 Å². The molecule has 3 heteroatoms. The number of hydrogen-bond acceptors (Lipinski definition) is 3. The molecule has 0 aromatic heterocycles. The van der Waals surface area contributed by atoms with Crippen molar-refractivity contribution in [1.82, 2.24) is 5.32 Å². The Kier molecular flexibility index (Phi) is 6.37. The normalized spacial score (nSPS) is 12.1. The van der Waals surface area contributed by atoms with E-state index >= 15 is 0 Å². The molecule has 1 aromatic carbocycles. The van der Waals surface area contributed by atoms with Gasteiger partial charge in [0.2, 0.25) is 0 Å². The highest BCUT2D eigenvalue weighted by molar-refractivity contribution is 5.34. The van der Waals surface area contributed by atoms with Crippen molar-refractivity contribution in [1.29, 1.82) is 0 Å². The van der Waals surface area contributed by atoms with Crippen LogP contribution in [0.1, 0.15) is 5.56 Å². The predicted molar refractivity (Wildman–Crippen MR) is 70.6 cm³/mol. The van der Waals surface area contributed by atoms with E-state index in [-0.39, 0.29) is 6.10 Å². The topological polar surface area (TPSA) is 30.5 Å². The first-order valence-corrected chi connectivity index (χ1v) is 5.80. The van der Waals surface area contributed by atoms with E-state index in [1.807, 2.05) is 31.3 Å². The van der Waals surface area contributed by atoms with Crippen molar-refractivity contribution in [3.05, 3.63) is 42.5 Å². The predicted octanol–water partition coefficient (Wildman–Crippen LogP) is 2.03. The maximum atomic E-state index is 5.94. The fourth-order valence-electron chi connectivity index (χ4n) is 1.67. The number of para-hydroxylation sites is 1. The summed E-state index contributed by atoms with van der Waals surface area (Å²) in [5.41, 5.74) is 1.15. The molecule has 0 amide bonds. The fraction of sp³-hybridized carbons (Fsp3) is 0.429. The van der Waals surface area contributed by atoms with Gasteiger partial charge in [-0.3, -0.25) is 0 Å². The minimum Gasteiger partial charge on any atom is -0.486 e. The van der Waals surface area contributed by atoms with Crippen LogP contribution in [0.2, 0.25) is 0 Å². The molecule has 17 heavy (non-hydrogen) atoms. The van der Waals surface area contributed by atoms with Gasteiger partial charge in [0, 0.05) is 13.7 Å². The smallest absolute Gasteiger partial charge is 0.134 e. The summed E-state index contributed by atoms with van der Waals surface area (Å²) >= 11 is 0. The maximum absolute atomic E-state index is 5.94. The number of likely N-dealkylation sites (N-methyl/N-ethyl adjacent to an activating group) is 1. The standard InChI is InChI=1S/C14H21NO2/c1-4-7-12-8-5-6-9-14(12)17-13(10-15-2)11-16-3/h4-6,8-9,13,15H,1,7,10-11H2,2-3H3. The molecule has 0 spiro atoms. The number of allylic oxidation sites excluding steroid dienone is 1. The van der Waals surface area contributed by atoms with Crippen LogP contribution in [0.15, 0.2) is 36.9 Å². The third kappa shape index (κ3) is 4.59. The highest BCUT2D eigenvalue weighted by Crippen LogP contribution is 2.20. The molecule has 0 aliphatic carbocycles. The molecule has 94 valence electrons. The van der Waals surface area contributed by atoms with E-state index < -0.39 is 0 Å². The van der Waals surface area contributed by atoms with Gasteiger partial charge < -0.3 is 14.8 Å². The second-order valence-corrected chi connectivity index (χ2v) is 3.85. The van der Waals surface area contributed by atoms with Crippen LogP contribution in [0.4, 0.5) is 0 Å². The molecule has 0 saturated carbocycles. The lowest BCUT2D eigenvalue weighted by molar-refractivity contribution is 0.0813. The van der Waals surface area contributed by atoms with E-state index in [4.69, 9.17) is 9.47 Å². The van der Waals surface area contributed by atoms with Crippen LogP contribution in [0.3, 0.4) is 0 Å². The van der Waals surface area contributed by atoms with E-state index in [0.29, 0.717) is 6.61 Å². The molecule has 1 N–H and O–H groups in total. The zero-order chi connectivity index (χ0) is 12.5. The minimum absolute atomic E-state index is 0.0240. The van der Waals surface area contributed by atoms with Crippen LogP contribution >= 0.6 is 0 Å². The zero-order valence-electron chi connectivity index (χ0n) is 10.6. The zero-order valence-corrected chi connectivity index (χ0v) is 10.6. The largest absolute Gasteiger partial charge is 0.486 e. The Labute approximate surface area is 103 Å². The second-order valence-electron chi connectivity index (χ2n) is 3.85. The van der Waals surface area contributed by atoms with Gasteiger partial charge in [0.1, 0.15) is 11.9 Å².